The predicted molar refractivity (Wildman–Crippen MR) is 76.6 cm³/mol. The third-order valence-corrected chi connectivity index (χ3v) is 3.29. The van der Waals surface area contributed by atoms with E-state index in [0.29, 0.717) is 10.7 Å². The van der Waals surface area contributed by atoms with Crippen molar-refractivity contribution in [1.82, 2.24) is 5.32 Å². The molecule has 6 heteroatoms. The van der Waals surface area contributed by atoms with E-state index < -0.39 is 5.54 Å². The Bertz CT molecular complexity index is 438. The Labute approximate surface area is 116 Å². The number of urea groups is 1. The van der Waals surface area contributed by atoms with Crippen molar-refractivity contribution in [3.8, 4) is 0 Å². The Morgan fingerprint density at radius 2 is 2.17 bits per heavy atom. The van der Waals surface area contributed by atoms with Crippen LogP contribution in [0.4, 0.5) is 10.5 Å². The minimum atomic E-state index is -0.665. The zero-order chi connectivity index (χ0) is 13.8. The van der Waals surface area contributed by atoms with Crippen molar-refractivity contribution in [1.29, 1.82) is 0 Å². The van der Waals surface area contributed by atoms with Crippen molar-refractivity contribution in [3.05, 3.63) is 23.2 Å². The number of benzene rings is 1. The van der Waals surface area contributed by atoms with E-state index in [4.69, 9.17) is 16.7 Å². The van der Waals surface area contributed by atoms with Crippen molar-refractivity contribution in [2.24, 2.45) is 0 Å². The van der Waals surface area contributed by atoms with Crippen LogP contribution in [0.15, 0.2) is 23.1 Å². The summed E-state index contributed by atoms with van der Waals surface area (Å²) < 4.78 is 0. The molecule has 0 aromatic heterocycles. The lowest BCUT2D eigenvalue weighted by atomic mass is 10.1. The van der Waals surface area contributed by atoms with Crippen LogP contribution in [-0.4, -0.2) is 29.5 Å². The van der Waals surface area contributed by atoms with Gasteiger partial charge in [0.25, 0.3) is 0 Å². The molecule has 0 atom stereocenters. The summed E-state index contributed by atoms with van der Waals surface area (Å²) in [5, 5.41) is 15.0. The molecule has 1 rings (SSSR count). The van der Waals surface area contributed by atoms with Crippen LogP contribution in [0.25, 0.3) is 0 Å². The van der Waals surface area contributed by atoms with Gasteiger partial charge in [-0.2, -0.15) is 0 Å². The van der Waals surface area contributed by atoms with Crippen molar-refractivity contribution in [2.45, 2.75) is 24.3 Å². The molecule has 3 N–H and O–H groups in total. The van der Waals surface area contributed by atoms with Gasteiger partial charge in [0, 0.05) is 9.92 Å². The highest BCUT2D eigenvalue weighted by Crippen LogP contribution is 2.28. The van der Waals surface area contributed by atoms with Crippen molar-refractivity contribution < 1.29 is 9.90 Å². The lowest BCUT2D eigenvalue weighted by Gasteiger charge is -2.24. The summed E-state index contributed by atoms with van der Waals surface area (Å²) in [4.78, 5) is 12.7. The Balaban J connectivity index is 2.78. The van der Waals surface area contributed by atoms with Crippen molar-refractivity contribution >= 4 is 35.1 Å². The van der Waals surface area contributed by atoms with Crippen LogP contribution < -0.4 is 10.6 Å². The maximum atomic E-state index is 11.8. The number of nitrogens with one attached hydrogen (secondary N) is 2. The fourth-order valence-corrected chi connectivity index (χ4v) is 1.98. The summed E-state index contributed by atoms with van der Waals surface area (Å²) >= 11 is 7.42. The molecule has 1 aromatic rings. The van der Waals surface area contributed by atoms with E-state index in [2.05, 4.69) is 10.6 Å². The molecular weight excluding hydrogens is 272 g/mol. The number of anilines is 1. The van der Waals surface area contributed by atoms with E-state index >= 15 is 0 Å². The van der Waals surface area contributed by atoms with Crippen molar-refractivity contribution in [2.75, 3.05) is 18.2 Å². The van der Waals surface area contributed by atoms with Crippen LogP contribution in [0.2, 0.25) is 5.02 Å². The highest BCUT2D eigenvalue weighted by molar-refractivity contribution is 7.98. The van der Waals surface area contributed by atoms with E-state index in [9.17, 15) is 4.79 Å². The maximum Gasteiger partial charge on any atom is 0.319 e. The zero-order valence-corrected chi connectivity index (χ0v) is 12.2. The Hall–Kier alpha value is -0.910. The number of carbonyl (C=O) groups excluding carboxylic acids is 1. The minimum Gasteiger partial charge on any atom is -0.394 e. The fraction of sp³-hybridized carbons (Fsp3) is 0.417. The second kappa shape index (κ2) is 6.31. The summed E-state index contributed by atoms with van der Waals surface area (Å²) in [5.74, 6) is 0. The molecule has 0 saturated heterocycles. The first-order valence-corrected chi connectivity index (χ1v) is 7.02. The van der Waals surface area contributed by atoms with E-state index in [-0.39, 0.29) is 12.6 Å². The number of hydrogen-bond donors (Lipinski definition) is 3. The third kappa shape index (κ3) is 4.40. The SMILES string of the molecule is CSc1ccc(Cl)cc1NC(=O)NC(C)(C)CO. The van der Waals surface area contributed by atoms with Gasteiger partial charge in [0.05, 0.1) is 17.8 Å². The molecule has 18 heavy (non-hydrogen) atoms. The van der Waals surface area contributed by atoms with Gasteiger partial charge in [0.15, 0.2) is 0 Å². The maximum absolute atomic E-state index is 11.8. The number of rotatable bonds is 4. The topological polar surface area (TPSA) is 61.4 Å². The van der Waals surface area contributed by atoms with E-state index in [1.54, 1.807) is 26.0 Å². The highest BCUT2D eigenvalue weighted by atomic mass is 35.5. The zero-order valence-electron chi connectivity index (χ0n) is 10.6. The summed E-state index contributed by atoms with van der Waals surface area (Å²) in [6.45, 7) is 3.34. The number of thioether (sulfide) groups is 1. The number of aliphatic hydroxyl groups excluding tert-OH is 1. The van der Waals surface area contributed by atoms with Gasteiger partial charge in [-0.1, -0.05) is 11.6 Å². The summed E-state index contributed by atoms with van der Waals surface area (Å²) in [6, 6.07) is 4.94. The number of carbonyl (C=O) groups is 1. The molecule has 0 aliphatic rings. The second-order valence-corrected chi connectivity index (χ2v) is 5.75. The number of aliphatic hydroxyl groups is 1. The average molecular weight is 289 g/mol. The lowest BCUT2D eigenvalue weighted by Crippen LogP contribution is -2.48. The van der Waals surface area contributed by atoms with Gasteiger partial charge in [-0.05, 0) is 38.3 Å². The Morgan fingerprint density at radius 1 is 1.50 bits per heavy atom. The molecule has 0 fully saturated rings. The number of amides is 2. The molecule has 0 heterocycles. The van der Waals surface area contributed by atoms with E-state index in [1.807, 2.05) is 12.3 Å². The molecule has 1 aromatic carbocycles. The van der Waals surface area contributed by atoms with E-state index in [1.165, 1.54) is 11.8 Å². The first-order chi connectivity index (χ1) is 8.38. The monoisotopic (exact) mass is 288 g/mol. The molecule has 2 amide bonds. The Kier molecular flexibility index (Phi) is 5.31. The van der Waals surface area contributed by atoms with Gasteiger partial charge < -0.3 is 15.7 Å². The predicted octanol–water partition coefficient (Wildman–Crippen LogP) is 2.95. The normalized spacial score (nSPS) is 11.2. The third-order valence-electron chi connectivity index (χ3n) is 2.26. The lowest BCUT2D eigenvalue weighted by molar-refractivity contribution is 0.187. The molecule has 100 valence electrons. The van der Waals surface area contributed by atoms with Gasteiger partial charge in [-0.15, -0.1) is 11.8 Å². The molecule has 0 saturated carbocycles. The van der Waals surface area contributed by atoms with Crippen molar-refractivity contribution in [3.63, 3.8) is 0 Å². The van der Waals surface area contributed by atoms with Gasteiger partial charge in [-0.25, -0.2) is 4.79 Å². The molecule has 0 spiro atoms. The van der Waals surface area contributed by atoms with Gasteiger partial charge in [0.2, 0.25) is 0 Å². The second-order valence-electron chi connectivity index (χ2n) is 4.47. The smallest absolute Gasteiger partial charge is 0.319 e. The molecule has 0 aliphatic heterocycles. The van der Waals surface area contributed by atoms with Crippen LogP contribution in [0.5, 0.6) is 0 Å². The van der Waals surface area contributed by atoms with E-state index in [0.717, 1.165) is 4.90 Å². The first kappa shape index (κ1) is 15.1. The molecule has 0 bridgehead atoms. The molecule has 0 radical (unpaired) electrons. The summed E-state index contributed by atoms with van der Waals surface area (Å²) in [7, 11) is 0. The Morgan fingerprint density at radius 3 is 2.72 bits per heavy atom. The molecule has 0 unspecified atom stereocenters. The van der Waals surface area contributed by atoms with Gasteiger partial charge in [-0.3, -0.25) is 0 Å². The van der Waals surface area contributed by atoms with Crippen LogP contribution >= 0.6 is 23.4 Å². The highest BCUT2D eigenvalue weighted by Gasteiger charge is 2.19. The largest absolute Gasteiger partial charge is 0.394 e. The average Bonchev–Trinajstić information content (AvgIpc) is 2.28. The van der Waals surface area contributed by atoms with Gasteiger partial charge >= 0.3 is 6.03 Å². The minimum absolute atomic E-state index is 0.134. The summed E-state index contributed by atoms with van der Waals surface area (Å²) in [5.41, 5.74) is -0.0106. The van der Waals surface area contributed by atoms with Gasteiger partial charge in [0.1, 0.15) is 0 Å². The molecule has 4 nitrogen and oxygen atoms in total. The quantitative estimate of drug-likeness (QED) is 0.747. The standard InChI is InChI=1S/C12H17ClN2O2S/c1-12(2,7-16)15-11(17)14-9-6-8(13)4-5-10(9)18-3/h4-6,16H,7H2,1-3H3,(H2,14,15,17). The van der Waals surface area contributed by atoms with Crippen LogP contribution in [-0.2, 0) is 0 Å². The number of halogens is 1. The molecular formula is C12H17ClN2O2S. The van der Waals surface area contributed by atoms with Crippen LogP contribution in [0, 0.1) is 0 Å². The summed E-state index contributed by atoms with van der Waals surface area (Å²) in [6.07, 6.45) is 1.92. The number of hydrogen-bond acceptors (Lipinski definition) is 3. The molecule has 0 aliphatic carbocycles. The first-order valence-electron chi connectivity index (χ1n) is 5.41. The van der Waals surface area contributed by atoms with Crippen LogP contribution in [0.3, 0.4) is 0 Å². The van der Waals surface area contributed by atoms with Crippen LogP contribution in [0.1, 0.15) is 13.8 Å². The fourth-order valence-electron chi connectivity index (χ4n) is 1.28.